The maximum atomic E-state index is 3.27. The zero-order valence-electron chi connectivity index (χ0n) is 10.5. The van der Waals surface area contributed by atoms with Gasteiger partial charge in [0.2, 0.25) is 0 Å². The summed E-state index contributed by atoms with van der Waals surface area (Å²) in [5.41, 5.74) is 2.69. The summed E-state index contributed by atoms with van der Waals surface area (Å²) in [7, 11) is 1.99. The Labute approximate surface area is 93.9 Å². The Bertz CT molecular complexity index is 304. The van der Waals surface area contributed by atoms with Crippen LogP contribution in [0.4, 0.5) is 5.69 Å². The van der Waals surface area contributed by atoms with Crippen LogP contribution in [0.1, 0.15) is 39.2 Å². The van der Waals surface area contributed by atoms with Crippen molar-refractivity contribution in [1.29, 1.82) is 0 Å². The van der Waals surface area contributed by atoms with E-state index in [1.165, 1.54) is 11.3 Å². The fraction of sp³-hybridized carbons (Fsp3) is 0.571. The minimum absolute atomic E-state index is 0.605. The van der Waals surface area contributed by atoms with Crippen molar-refractivity contribution in [1.82, 2.24) is 0 Å². The molecule has 0 bridgehead atoms. The van der Waals surface area contributed by atoms with Crippen molar-refractivity contribution in [3.63, 3.8) is 0 Å². The first-order chi connectivity index (χ1) is 7.07. The number of para-hydroxylation sites is 1. The van der Waals surface area contributed by atoms with E-state index in [-0.39, 0.29) is 0 Å². The Balaban J connectivity index is 2.94. The molecule has 15 heavy (non-hydrogen) atoms. The van der Waals surface area contributed by atoms with Gasteiger partial charge in [-0.1, -0.05) is 45.9 Å². The molecule has 2 atom stereocenters. The van der Waals surface area contributed by atoms with Gasteiger partial charge < -0.3 is 5.32 Å². The lowest BCUT2D eigenvalue weighted by Gasteiger charge is -2.25. The second kappa shape index (κ2) is 5.20. The van der Waals surface area contributed by atoms with Crippen LogP contribution in [0.15, 0.2) is 24.3 Å². The van der Waals surface area contributed by atoms with Gasteiger partial charge >= 0.3 is 0 Å². The van der Waals surface area contributed by atoms with E-state index >= 15 is 0 Å². The van der Waals surface area contributed by atoms with E-state index in [4.69, 9.17) is 0 Å². The average Bonchev–Trinajstić information content (AvgIpc) is 2.26. The molecule has 1 rings (SSSR count). The van der Waals surface area contributed by atoms with Crippen LogP contribution in [0.2, 0.25) is 0 Å². The van der Waals surface area contributed by atoms with E-state index in [1.54, 1.807) is 0 Å². The number of hydrogen-bond acceptors (Lipinski definition) is 1. The third-order valence-electron chi connectivity index (χ3n) is 3.56. The van der Waals surface area contributed by atoms with Crippen molar-refractivity contribution < 1.29 is 0 Å². The first-order valence-electron chi connectivity index (χ1n) is 5.84. The van der Waals surface area contributed by atoms with Crippen molar-refractivity contribution in [3.8, 4) is 0 Å². The summed E-state index contributed by atoms with van der Waals surface area (Å²) in [6.45, 7) is 9.24. The molecule has 0 heterocycles. The van der Waals surface area contributed by atoms with Gasteiger partial charge in [-0.2, -0.15) is 0 Å². The van der Waals surface area contributed by atoms with E-state index < -0.39 is 0 Å². The molecule has 0 aliphatic rings. The fourth-order valence-corrected chi connectivity index (χ4v) is 1.98. The van der Waals surface area contributed by atoms with Crippen molar-refractivity contribution in [2.45, 2.75) is 33.6 Å². The minimum atomic E-state index is 0.605. The quantitative estimate of drug-likeness (QED) is 0.779. The van der Waals surface area contributed by atoms with Crippen LogP contribution in [0.5, 0.6) is 0 Å². The van der Waals surface area contributed by atoms with Crippen molar-refractivity contribution in [2.24, 2.45) is 11.8 Å². The highest BCUT2D eigenvalue weighted by Gasteiger charge is 2.19. The zero-order valence-corrected chi connectivity index (χ0v) is 10.5. The van der Waals surface area contributed by atoms with Crippen molar-refractivity contribution in [3.05, 3.63) is 29.8 Å². The third-order valence-corrected chi connectivity index (χ3v) is 3.56. The number of anilines is 1. The van der Waals surface area contributed by atoms with E-state index in [0.717, 1.165) is 5.92 Å². The van der Waals surface area contributed by atoms with Gasteiger partial charge in [-0.05, 0) is 29.4 Å². The molecule has 0 amide bonds. The summed E-state index contributed by atoms with van der Waals surface area (Å²) in [6.07, 6.45) is 0. The summed E-state index contributed by atoms with van der Waals surface area (Å²) in [5, 5.41) is 3.27. The minimum Gasteiger partial charge on any atom is -0.388 e. The molecule has 0 spiro atoms. The number of rotatable bonds is 4. The van der Waals surface area contributed by atoms with Crippen LogP contribution in [-0.2, 0) is 0 Å². The van der Waals surface area contributed by atoms with E-state index in [0.29, 0.717) is 11.8 Å². The third kappa shape index (κ3) is 2.74. The molecule has 0 saturated carbocycles. The molecule has 0 aromatic heterocycles. The van der Waals surface area contributed by atoms with Crippen LogP contribution < -0.4 is 5.32 Å². The van der Waals surface area contributed by atoms with Crippen molar-refractivity contribution in [2.75, 3.05) is 12.4 Å². The smallest absolute Gasteiger partial charge is 0.0372 e. The van der Waals surface area contributed by atoms with Crippen molar-refractivity contribution >= 4 is 5.69 Å². The Kier molecular flexibility index (Phi) is 4.19. The van der Waals surface area contributed by atoms with Gasteiger partial charge in [0.1, 0.15) is 0 Å². The average molecular weight is 205 g/mol. The van der Waals surface area contributed by atoms with Gasteiger partial charge in [0.05, 0.1) is 0 Å². The Hall–Kier alpha value is -0.980. The Morgan fingerprint density at radius 3 is 2.13 bits per heavy atom. The van der Waals surface area contributed by atoms with E-state index in [2.05, 4.69) is 57.3 Å². The van der Waals surface area contributed by atoms with Gasteiger partial charge in [0.25, 0.3) is 0 Å². The highest BCUT2D eigenvalue weighted by molar-refractivity contribution is 5.52. The molecule has 1 unspecified atom stereocenters. The molecule has 1 nitrogen and oxygen atoms in total. The van der Waals surface area contributed by atoms with Gasteiger partial charge in [-0.15, -0.1) is 0 Å². The molecule has 1 heteroatoms. The second-order valence-electron chi connectivity index (χ2n) is 4.73. The highest BCUT2D eigenvalue weighted by Crippen LogP contribution is 2.33. The monoisotopic (exact) mass is 205 g/mol. The molecule has 84 valence electrons. The normalized spacial score (nSPS) is 15.1. The molecule has 0 radical (unpaired) electrons. The van der Waals surface area contributed by atoms with E-state index in [9.17, 15) is 0 Å². The van der Waals surface area contributed by atoms with Gasteiger partial charge in [-0.3, -0.25) is 0 Å². The van der Waals surface area contributed by atoms with Crippen LogP contribution in [0.3, 0.4) is 0 Å². The molecule has 1 aromatic rings. The van der Waals surface area contributed by atoms with Gasteiger partial charge in [-0.25, -0.2) is 0 Å². The first kappa shape index (κ1) is 12.1. The summed E-state index contributed by atoms with van der Waals surface area (Å²) in [4.78, 5) is 0. The topological polar surface area (TPSA) is 12.0 Å². The summed E-state index contributed by atoms with van der Waals surface area (Å²) in [6, 6.07) is 8.59. The largest absolute Gasteiger partial charge is 0.388 e. The first-order valence-corrected chi connectivity index (χ1v) is 5.84. The Morgan fingerprint density at radius 2 is 1.60 bits per heavy atom. The lowest BCUT2D eigenvalue weighted by molar-refractivity contribution is 0.363. The van der Waals surface area contributed by atoms with Crippen LogP contribution in [0.25, 0.3) is 0 Å². The molecule has 0 aliphatic heterocycles. The predicted molar refractivity (Wildman–Crippen MR) is 68.4 cm³/mol. The van der Waals surface area contributed by atoms with Gasteiger partial charge in [0, 0.05) is 12.7 Å². The maximum Gasteiger partial charge on any atom is 0.0372 e. The lowest BCUT2D eigenvalue weighted by Crippen LogP contribution is -2.13. The van der Waals surface area contributed by atoms with Crippen LogP contribution >= 0.6 is 0 Å². The van der Waals surface area contributed by atoms with Crippen LogP contribution in [0, 0.1) is 11.8 Å². The van der Waals surface area contributed by atoms with Gasteiger partial charge in [0.15, 0.2) is 0 Å². The summed E-state index contributed by atoms with van der Waals surface area (Å²) in [5.74, 6) is 2.04. The standard InChI is InChI=1S/C14H23N/c1-10(2)11(3)12(4)13-8-6-7-9-14(13)15-5/h6-12,15H,1-5H3/t11-,12?/m0/s1. The summed E-state index contributed by atoms with van der Waals surface area (Å²) < 4.78 is 0. The van der Waals surface area contributed by atoms with Crippen LogP contribution in [-0.4, -0.2) is 7.05 Å². The number of hydrogen-bond donors (Lipinski definition) is 1. The Morgan fingerprint density at radius 1 is 1.00 bits per heavy atom. The molecular formula is C14H23N. The fourth-order valence-electron chi connectivity index (χ4n) is 1.98. The van der Waals surface area contributed by atoms with E-state index in [1.807, 2.05) is 7.05 Å². The molecule has 1 N–H and O–H groups in total. The number of nitrogens with one attached hydrogen (secondary N) is 1. The SMILES string of the molecule is CNc1ccccc1C(C)[C@@H](C)C(C)C. The summed E-state index contributed by atoms with van der Waals surface area (Å²) >= 11 is 0. The lowest BCUT2D eigenvalue weighted by atomic mass is 9.81. The highest BCUT2D eigenvalue weighted by atomic mass is 14.8. The molecular weight excluding hydrogens is 182 g/mol. The molecule has 0 saturated heterocycles. The zero-order chi connectivity index (χ0) is 11.4. The second-order valence-corrected chi connectivity index (χ2v) is 4.73. The molecule has 0 aliphatic carbocycles. The number of benzene rings is 1. The molecule has 1 aromatic carbocycles. The molecule has 0 fully saturated rings. The predicted octanol–water partition coefficient (Wildman–Crippen LogP) is 4.12. The maximum absolute atomic E-state index is 3.27.